The van der Waals surface area contributed by atoms with Gasteiger partial charge in [0.2, 0.25) is 5.95 Å². The molecule has 0 bridgehead atoms. The van der Waals surface area contributed by atoms with Crippen LogP contribution in [0.5, 0.6) is 0 Å². The van der Waals surface area contributed by atoms with E-state index in [0.29, 0.717) is 22.3 Å². The lowest BCUT2D eigenvalue weighted by Crippen LogP contribution is -2.34. The van der Waals surface area contributed by atoms with Crippen LogP contribution in [0.4, 0.5) is 16.4 Å². The van der Waals surface area contributed by atoms with Crippen molar-refractivity contribution in [3.63, 3.8) is 0 Å². The highest BCUT2D eigenvalue weighted by Crippen LogP contribution is 2.67. The second-order valence-electron chi connectivity index (χ2n) is 15.5. The van der Waals surface area contributed by atoms with Gasteiger partial charge in [0.05, 0.1) is 45.3 Å². The van der Waals surface area contributed by atoms with Crippen molar-refractivity contribution < 1.29 is 101 Å². The van der Waals surface area contributed by atoms with Crippen molar-refractivity contribution >= 4 is 75.9 Å². The molecule has 0 aliphatic carbocycles. The van der Waals surface area contributed by atoms with Gasteiger partial charge < -0.3 is 66.4 Å². The number of imidazole rings is 1. The van der Waals surface area contributed by atoms with Gasteiger partial charge in [-0.3, -0.25) is 52.4 Å². The minimum Gasteiger partial charge on any atom is -0.480 e. The number of aromatic nitrogens is 4. The molecule has 7 atom stereocenters. The molecule has 390 valence electrons. The number of anilines is 2. The minimum atomic E-state index is -5.84. The predicted octanol–water partition coefficient (Wildman–Crippen LogP) is -0.689. The van der Waals surface area contributed by atoms with Gasteiger partial charge in [-0.15, -0.1) is 0 Å². The van der Waals surface area contributed by atoms with Gasteiger partial charge in [-0.25, -0.2) is 23.2 Å². The summed E-state index contributed by atoms with van der Waals surface area (Å²) in [5, 5.41) is 63.1. The number of carbonyl (C=O) groups is 5. The normalized spacial score (nSPS) is 19.2. The largest absolute Gasteiger partial charge is 0.488 e. The summed E-state index contributed by atoms with van der Waals surface area (Å²) >= 11 is 0. The first-order valence-electron chi connectivity index (χ1n) is 20.6. The van der Waals surface area contributed by atoms with E-state index in [1.165, 1.54) is 24.3 Å². The van der Waals surface area contributed by atoms with E-state index in [-0.39, 0.29) is 48.9 Å². The molecule has 2 aromatic carbocycles. The number of fused-ring (bicyclic) bond motifs is 1. The van der Waals surface area contributed by atoms with Crippen LogP contribution in [0.2, 0.25) is 0 Å². The van der Waals surface area contributed by atoms with Crippen LogP contribution in [0.15, 0.2) is 53.6 Å². The van der Waals surface area contributed by atoms with Gasteiger partial charge in [0.25, 0.3) is 5.56 Å². The molecule has 2 aromatic heterocycles. The smallest absolute Gasteiger partial charge is 0.480 e. The van der Waals surface area contributed by atoms with Crippen molar-refractivity contribution in [1.29, 1.82) is 0 Å². The molecular formula is C38H46N9O22P3. The first-order chi connectivity index (χ1) is 33.7. The Morgan fingerprint density at radius 1 is 0.806 bits per heavy atom. The number of carbonyl (C=O) groups excluding carboxylic acids is 1. The van der Waals surface area contributed by atoms with Crippen molar-refractivity contribution in [2.45, 2.75) is 44.1 Å². The molecule has 14 N–H and O–H groups in total. The highest BCUT2D eigenvalue weighted by atomic mass is 31.3. The molecule has 0 spiro atoms. The molecular weight excluding hydrogens is 1030 g/mol. The van der Waals surface area contributed by atoms with Gasteiger partial charge in [0.15, 0.2) is 17.4 Å². The average Bonchev–Trinajstić information content (AvgIpc) is 3.78. The number of phosphoric ester groups is 1. The summed E-state index contributed by atoms with van der Waals surface area (Å²) in [7, 11) is -16.5. The zero-order chi connectivity index (χ0) is 53.1. The Balaban J connectivity index is 1.11. The number of aliphatic hydroxyl groups is 2. The summed E-state index contributed by atoms with van der Waals surface area (Å²) < 4.78 is 57.1. The number of ether oxygens (including phenoxy) is 1. The molecule has 1 aliphatic heterocycles. The SMILES string of the molecule is Nc1nc2c(ncn2[C@@H]2O[C@H](COP(=O)(O)OP(=O)(O)OP(=O)(O)CCCNC(=O)Nc3ccc(C#Cc4cc(CN(CC(=O)O)CC(=O)O)cc(CN(CC(=O)O)CC(=O)O)c4)cc3)[C@H](O)C2O)c(=O)[nH]1. The highest BCUT2D eigenvalue weighted by molar-refractivity contribution is 7.68. The number of hydrogen-bond acceptors (Lipinski definition) is 20. The number of nitrogens with zero attached hydrogens (tertiary/aromatic N) is 5. The van der Waals surface area contributed by atoms with E-state index in [9.17, 15) is 87.8 Å². The fraction of sp³-hybridized carbons (Fsp3) is 0.368. The fourth-order valence-corrected chi connectivity index (χ4v) is 11.0. The Labute approximate surface area is 404 Å². The number of nitrogens with one attached hydrogen (secondary N) is 3. The summed E-state index contributed by atoms with van der Waals surface area (Å²) in [5.41, 5.74) is 6.26. The van der Waals surface area contributed by atoms with E-state index < -0.39 is 122 Å². The Morgan fingerprint density at radius 2 is 1.36 bits per heavy atom. The molecule has 1 saturated heterocycles. The quantitative estimate of drug-likeness (QED) is 0.0222. The molecule has 1 fully saturated rings. The Bertz CT molecular complexity index is 2860. The van der Waals surface area contributed by atoms with Gasteiger partial charge in [0.1, 0.15) is 18.3 Å². The molecule has 34 heteroatoms. The first kappa shape index (κ1) is 56.5. The summed E-state index contributed by atoms with van der Waals surface area (Å²) in [5.74, 6) is 0.306. The Kier molecular flexibility index (Phi) is 19.1. The van der Waals surface area contributed by atoms with Crippen LogP contribution in [0.3, 0.4) is 0 Å². The second kappa shape index (κ2) is 24.3. The van der Waals surface area contributed by atoms with E-state index in [4.69, 9.17) is 10.5 Å². The molecule has 4 unspecified atom stereocenters. The van der Waals surface area contributed by atoms with Crippen LogP contribution in [0.1, 0.15) is 34.9 Å². The monoisotopic (exact) mass is 1070 g/mol. The maximum atomic E-state index is 12.6. The van der Waals surface area contributed by atoms with Crippen LogP contribution >= 0.6 is 23.2 Å². The number of amides is 2. The molecule has 72 heavy (non-hydrogen) atoms. The number of phosphoric acid groups is 2. The standard InChI is InChI=1S/C38H46N9O22P3/c39-37-43-34-31(35(58)44-37)41-20-47(34)36-33(57)32(56)26(67-36)19-66-71(62,63)69-72(64,65)68-70(60,61)9-1-8-40-38(59)42-25-6-4-21(5-7-25)2-3-22-10-23(13-45(15-27(48)49)16-28(50)51)12-24(11-22)14-46(17-29(52)53)18-30(54)55/h4-7,10-12,20,26,32-33,36,56-57H,1,8-9,13-19H2,(H,48,49)(H,50,51)(H,52,53)(H,54,55)(H,60,61)(H,62,63)(H,64,65)(H2,40,42,59)(H3,39,43,44,58)/t26-,32+,33?,36-/m1/s1. The van der Waals surface area contributed by atoms with Crippen molar-refractivity contribution in [3.8, 4) is 11.8 Å². The number of benzene rings is 2. The van der Waals surface area contributed by atoms with E-state index in [2.05, 4.69) is 50.6 Å². The zero-order valence-corrected chi connectivity index (χ0v) is 39.7. The number of nitrogen functional groups attached to an aromatic ring is 1. The Morgan fingerprint density at radius 3 is 1.92 bits per heavy atom. The van der Waals surface area contributed by atoms with Crippen molar-refractivity contribution in [2.24, 2.45) is 0 Å². The van der Waals surface area contributed by atoms with Gasteiger partial charge in [-0.1, -0.05) is 17.9 Å². The molecule has 31 nitrogen and oxygen atoms in total. The van der Waals surface area contributed by atoms with E-state index in [0.717, 1.165) is 20.7 Å². The van der Waals surface area contributed by atoms with Crippen LogP contribution in [0, 0.1) is 11.8 Å². The number of H-pyrrole nitrogens is 1. The zero-order valence-electron chi connectivity index (χ0n) is 37.0. The second-order valence-corrected chi connectivity index (χ2v) is 20.7. The topological polar surface area (TPSA) is 476 Å². The molecule has 1 aliphatic rings. The van der Waals surface area contributed by atoms with Crippen molar-refractivity contribution in [1.82, 2.24) is 34.6 Å². The van der Waals surface area contributed by atoms with Gasteiger partial charge in [0, 0.05) is 36.4 Å². The van der Waals surface area contributed by atoms with E-state index >= 15 is 0 Å². The van der Waals surface area contributed by atoms with Crippen LogP contribution in [0.25, 0.3) is 11.2 Å². The van der Waals surface area contributed by atoms with E-state index in [1.54, 1.807) is 18.2 Å². The molecule has 4 aromatic rings. The average molecular weight is 1070 g/mol. The number of hydrogen-bond donors (Lipinski definition) is 13. The van der Waals surface area contributed by atoms with Crippen molar-refractivity contribution in [3.05, 3.63) is 81.4 Å². The fourth-order valence-electron chi connectivity index (χ4n) is 6.84. The summed E-state index contributed by atoms with van der Waals surface area (Å²) in [6.45, 7) is -4.21. The number of aromatic amines is 1. The lowest BCUT2D eigenvalue weighted by atomic mass is 10.0. The third kappa shape index (κ3) is 17.4. The number of nitrogens with two attached hydrogens (primary N) is 1. The van der Waals surface area contributed by atoms with Crippen LogP contribution < -0.4 is 21.9 Å². The maximum Gasteiger partial charge on any atom is 0.488 e. The lowest BCUT2D eigenvalue weighted by molar-refractivity contribution is -0.144. The number of aliphatic hydroxyl groups excluding tert-OH is 2. The molecule has 3 heterocycles. The minimum absolute atomic E-state index is 0.154. The summed E-state index contributed by atoms with van der Waals surface area (Å²) in [6.07, 6.45) is -6.86. The van der Waals surface area contributed by atoms with Crippen molar-refractivity contribution in [2.75, 3.05) is 56.5 Å². The number of carboxylic acid groups (broad SMARTS) is 4. The van der Waals surface area contributed by atoms with Gasteiger partial charge in [-0.2, -0.15) is 9.29 Å². The number of aliphatic carboxylic acids is 4. The van der Waals surface area contributed by atoms with Crippen LogP contribution in [-0.4, -0.2) is 168 Å². The highest BCUT2D eigenvalue weighted by Gasteiger charge is 2.47. The maximum absolute atomic E-state index is 12.6. The summed E-state index contributed by atoms with van der Waals surface area (Å²) in [6, 6.07) is 9.78. The summed E-state index contributed by atoms with van der Waals surface area (Å²) in [4.78, 5) is 113. The molecule has 0 saturated carbocycles. The molecule has 0 radical (unpaired) electrons. The van der Waals surface area contributed by atoms with Crippen LogP contribution in [-0.2, 0) is 63.8 Å². The predicted molar refractivity (Wildman–Crippen MR) is 243 cm³/mol. The molecule has 5 rings (SSSR count). The number of carboxylic acids is 4. The number of urea groups is 1. The Hall–Kier alpha value is -6.45. The molecule has 2 amide bonds. The van der Waals surface area contributed by atoms with Gasteiger partial charge in [-0.05, 0) is 53.9 Å². The third-order valence-corrected chi connectivity index (χ3v) is 14.5. The number of rotatable bonds is 25. The third-order valence-electron chi connectivity index (χ3n) is 9.60. The lowest BCUT2D eigenvalue weighted by Gasteiger charge is -2.21. The first-order valence-corrected chi connectivity index (χ1v) is 25.3. The van der Waals surface area contributed by atoms with Gasteiger partial charge >= 0.3 is 53.1 Å². The van der Waals surface area contributed by atoms with E-state index in [1.807, 2.05) is 0 Å².